The Morgan fingerprint density at radius 2 is 1.78 bits per heavy atom. The number of benzene rings is 2. The number of fused-ring (bicyclic) bond motifs is 1. The number of aromatic amines is 1. The number of aromatic nitrogens is 6. The van der Waals surface area contributed by atoms with E-state index in [0.717, 1.165) is 56.1 Å². The van der Waals surface area contributed by atoms with Crippen LogP contribution in [0.1, 0.15) is 69.0 Å². The van der Waals surface area contributed by atoms with E-state index in [-0.39, 0.29) is 0 Å². The van der Waals surface area contributed by atoms with E-state index in [9.17, 15) is 0 Å². The van der Waals surface area contributed by atoms with Crippen LogP contribution in [0, 0.1) is 5.92 Å². The fourth-order valence-corrected chi connectivity index (χ4v) is 6.46. The zero-order chi connectivity index (χ0) is 28.2. The maximum absolute atomic E-state index is 5.46. The number of hydrogen-bond donors (Lipinski definition) is 1. The SMILES string of the molecule is COCCN1Cc2c(nc(C3CCCCC3)n2Cc2ccc(-c3ccccc3-c3nnn[nH]3)cc2)N(CC(C)C)C1. The summed E-state index contributed by atoms with van der Waals surface area (Å²) in [6.45, 7) is 9.90. The molecule has 0 saturated heterocycles. The molecule has 0 amide bonds. The van der Waals surface area contributed by atoms with Gasteiger partial charge in [0.05, 0.1) is 19.0 Å². The molecule has 0 bridgehead atoms. The lowest BCUT2D eigenvalue weighted by molar-refractivity contribution is 0.138. The highest BCUT2D eigenvalue weighted by Gasteiger charge is 2.32. The van der Waals surface area contributed by atoms with Crippen LogP contribution < -0.4 is 4.90 Å². The molecule has 6 rings (SSSR count). The van der Waals surface area contributed by atoms with Crippen LogP contribution in [0.5, 0.6) is 0 Å². The van der Waals surface area contributed by atoms with Crippen molar-refractivity contribution in [2.45, 2.75) is 65.0 Å². The van der Waals surface area contributed by atoms with Crippen molar-refractivity contribution >= 4 is 5.82 Å². The van der Waals surface area contributed by atoms with Crippen molar-refractivity contribution in [3.63, 3.8) is 0 Å². The summed E-state index contributed by atoms with van der Waals surface area (Å²) < 4.78 is 8.02. The average molecular weight is 555 g/mol. The Labute approximate surface area is 242 Å². The van der Waals surface area contributed by atoms with Crippen LogP contribution in [-0.4, -0.2) is 68.6 Å². The van der Waals surface area contributed by atoms with Gasteiger partial charge in [-0.25, -0.2) is 10.1 Å². The van der Waals surface area contributed by atoms with E-state index in [4.69, 9.17) is 9.72 Å². The molecule has 0 atom stereocenters. The van der Waals surface area contributed by atoms with Gasteiger partial charge >= 0.3 is 0 Å². The third-order valence-corrected chi connectivity index (χ3v) is 8.43. The van der Waals surface area contributed by atoms with Gasteiger partial charge in [0.25, 0.3) is 0 Å². The largest absolute Gasteiger partial charge is 0.383 e. The van der Waals surface area contributed by atoms with E-state index in [0.29, 0.717) is 17.7 Å². The minimum atomic E-state index is 0.532. The number of H-pyrrole nitrogens is 1. The van der Waals surface area contributed by atoms with Gasteiger partial charge in [-0.05, 0) is 45.9 Å². The molecule has 2 aromatic heterocycles. The second-order valence-corrected chi connectivity index (χ2v) is 12.0. The molecule has 1 aliphatic carbocycles. The van der Waals surface area contributed by atoms with Gasteiger partial charge in [-0.1, -0.05) is 81.6 Å². The van der Waals surface area contributed by atoms with E-state index in [1.165, 1.54) is 55.0 Å². The Balaban J connectivity index is 1.34. The maximum atomic E-state index is 5.46. The average Bonchev–Trinajstić information content (AvgIpc) is 3.66. The number of methoxy groups -OCH3 is 1. The van der Waals surface area contributed by atoms with Crippen LogP contribution in [-0.2, 0) is 17.8 Å². The van der Waals surface area contributed by atoms with Crippen molar-refractivity contribution in [3.8, 4) is 22.5 Å². The predicted octanol–water partition coefficient (Wildman–Crippen LogP) is 5.71. The highest BCUT2D eigenvalue weighted by molar-refractivity contribution is 5.80. The smallest absolute Gasteiger partial charge is 0.180 e. The topological polar surface area (TPSA) is 88.0 Å². The first-order chi connectivity index (χ1) is 20.1. The first-order valence-corrected chi connectivity index (χ1v) is 15.1. The van der Waals surface area contributed by atoms with Gasteiger partial charge in [0, 0.05) is 44.8 Å². The monoisotopic (exact) mass is 554 g/mol. The number of tetrazole rings is 1. The van der Waals surface area contributed by atoms with E-state index in [2.05, 4.69) is 91.3 Å². The number of nitrogens with zero attached hydrogens (tertiary/aromatic N) is 7. The molecule has 9 nitrogen and oxygen atoms in total. The summed E-state index contributed by atoms with van der Waals surface area (Å²) in [4.78, 5) is 10.4. The van der Waals surface area contributed by atoms with Crippen LogP contribution in [0.3, 0.4) is 0 Å². The zero-order valence-corrected chi connectivity index (χ0v) is 24.6. The lowest BCUT2D eigenvalue weighted by atomic mass is 9.88. The molecule has 41 heavy (non-hydrogen) atoms. The maximum Gasteiger partial charge on any atom is 0.180 e. The van der Waals surface area contributed by atoms with Gasteiger partial charge < -0.3 is 14.2 Å². The van der Waals surface area contributed by atoms with Crippen molar-refractivity contribution in [3.05, 3.63) is 65.6 Å². The molecule has 1 aliphatic heterocycles. The van der Waals surface area contributed by atoms with Gasteiger partial charge in [0.15, 0.2) is 11.6 Å². The summed E-state index contributed by atoms with van der Waals surface area (Å²) in [5.74, 6) is 4.25. The molecule has 9 heteroatoms. The number of hydrogen-bond acceptors (Lipinski definition) is 7. The second-order valence-electron chi connectivity index (χ2n) is 12.0. The highest BCUT2D eigenvalue weighted by atomic mass is 16.5. The fraction of sp³-hybridized carbons (Fsp3) is 0.500. The molecule has 0 spiro atoms. The molecule has 1 fully saturated rings. The summed E-state index contributed by atoms with van der Waals surface area (Å²) >= 11 is 0. The number of imidazole rings is 1. The summed E-state index contributed by atoms with van der Waals surface area (Å²) in [5.41, 5.74) is 5.89. The summed E-state index contributed by atoms with van der Waals surface area (Å²) in [7, 11) is 1.79. The lowest BCUT2D eigenvalue weighted by Gasteiger charge is -2.37. The molecular weight excluding hydrogens is 512 g/mol. The standard InChI is InChI=1S/C32H42N8O/c1-23(2)19-39-22-38(17-18-41-3)21-29-32(39)33-31(26-9-5-4-6-10-26)40(29)20-24-13-15-25(16-14-24)27-11-7-8-12-28(27)30-34-36-37-35-30/h7-8,11-16,23,26H,4-6,9-10,17-22H2,1-3H3,(H,34,35,36,37). The first-order valence-electron chi connectivity index (χ1n) is 15.1. The number of anilines is 1. The summed E-state index contributed by atoms with van der Waals surface area (Å²) in [5, 5.41) is 14.6. The second kappa shape index (κ2) is 12.5. The molecule has 2 aliphatic rings. The van der Waals surface area contributed by atoms with Gasteiger partial charge in [-0.3, -0.25) is 4.90 Å². The van der Waals surface area contributed by atoms with Gasteiger partial charge in [-0.2, -0.15) is 0 Å². The fourth-order valence-electron chi connectivity index (χ4n) is 6.46. The summed E-state index contributed by atoms with van der Waals surface area (Å²) in [6, 6.07) is 17.2. The van der Waals surface area contributed by atoms with Gasteiger partial charge in [0.2, 0.25) is 0 Å². The van der Waals surface area contributed by atoms with Crippen molar-refractivity contribution in [2.75, 3.05) is 38.4 Å². The first kappa shape index (κ1) is 27.6. The molecule has 1 saturated carbocycles. The number of nitrogens with one attached hydrogen (secondary N) is 1. The zero-order valence-electron chi connectivity index (χ0n) is 24.6. The molecule has 1 N–H and O–H groups in total. The predicted molar refractivity (Wildman–Crippen MR) is 162 cm³/mol. The van der Waals surface area contributed by atoms with Crippen molar-refractivity contribution in [1.82, 2.24) is 35.1 Å². The molecule has 2 aromatic carbocycles. The van der Waals surface area contributed by atoms with Crippen LogP contribution in [0.4, 0.5) is 5.82 Å². The van der Waals surface area contributed by atoms with Crippen molar-refractivity contribution in [1.29, 1.82) is 0 Å². The van der Waals surface area contributed by atoms with E-state index in [1.807, 2.05) is 6.07 Å². The van der Waals surface area contributed by atoms with Gasteiger partial charge in [0.1, 0.15) is 5.82 Å². The normalized spacial score (nSPS) is 16.4. The van der Waals surface area contributed by atoms with Crippen LogP contribution in [0.25, 0.3) is 22.5 Å². The Kier molecular flexibility index (Phi) is 8.43. The lowest BCUT2D eigenvalue weighted by Crippen LogP contribution is -2.45. The van der Waals surface area contributed by atoms with E-state index in [1.54, 1.807) is 7.11 Å². The van der Waals surface area contributed by atoms with Crippen LogP contribution >= 0.6 is 0 Å². The minimum Gasteiger partial charge on any atom is -0.383 e. The Bertz CT molecular complexity index is 1410. The molecular formula is C32H42N8O. The van der Waals surface area contributed by atoms with Crippen LogP contribution in [0.15, 0.2) is 48.5 Å². The van der Waals surface area contributed by atoms with Crippen LogP contribution in [0.2, 0.25) is 0 Å². The Hall–Kier alpha value is -3.56. The molecule has 4 aromatic rings. The minimum absolute atomic E-state index is 0.532. The Morgan fingerprint density at radius 3 is 2.49 bits per heavy atom. The number of rotatable bonds is 10. The summed E-state index contributed by atoms with van der Waals surface area (Å²) in [6.07, 6.45) is 6.41. The van der Waals surface area contributed by atoms with Crippen molar-refractivity contribution in [2.24, 2.45) is 5.92 Å². The number of ether oxygens (including phenoxy) is 1. The van der Waals surface area contributed by atoms with E-state index < -0.39 is 0 Å². The Morgan fingerprint density at radius 1 is 1.00 bits per heavy atom. The third-order valence-electron chi connectivity index (χ3n) is 8.43. The third kappa shape index (κ3) is 6.06. The quantitative estimate of drug-likeness (QED) is 0.269. The molecule has 0 unspecified atom stereocenters. The van der Waals surface area contributed by atoms with Gasteiger partial charge in [-0.15, -0.1) is 5.10 Å². The molecule has 216 valence electrons. The van der Waals surface area contributed by atoms with Crippen molar-refractivity contribution < 1.29 is 4.74 Å². The molecule has 0 radical (unpaired) electrons. The molecule has 3 heterocycles. The van der Waals surface area contributed by atoms with E-state index >= 15 is 0 Å². The highest BCUT2D eigenvalue weighted by Crippen LogP contribution is 2.38.